The molecule has 0 radical (unpaired) electrons. The predicted molar refractivity (Wildman–Crippen MR) is 105 cm³/mol. The van der Waals surface area contributed by atoms with Crippen LogP contribution in [-0.4, -0.2) is 36.0 Å². The number of benzene rings is 2. The Hall–Kier alpha value is -3.34. The normalized spacial score (nSPS) is 11.0. The van der Waals surface area contributed by atoms with E-state index in [1.807, 2.05) is 43.9 Å². The summed E-state index contributed by atoms with van der Waals surface area (Å²) in [5.74, 6) is -0.953. The van der Waals surface area contributed by atoms with E-state index in [0.29, 0.717) is 5.69 Å². The molecule has 0 saturated carbocycles. The maximum atomic E-state index is 11.2. The van der Waals surface area contributed by atoms with Gasteiger partial charge < -0.3 is 14.6 Å². The third-order valence-corrected chi connectivity index (χ3v) is 4.22. The molecule has 0 amide bonds. The van der Waals surface area contributed by atoms with Crippen LogP contribution in [0.15, 0.2) is 65.8 Å². The SMILES string of the molecule is Cc1ccc(C(=O)O)cc1N=Cc1cccn1-c1ccc(N(C)C)cc1. The lowest BCUT2D eigenvalue weighted by atomic mass is 10.1. The largest absolute Gasteiger partial charge is 0.478 e. The molecule has 5 nitrogen and oxygen atoms in total. The molecule has 0 atom stereocenters. The number of aromatic nitrogens is 1. The minimum atomic E-state index is -0.953. The van der Waals surface area contributed by atoms with E-state index >= 15 is 0 Å². The second-order valence-electron chi connectivity index (χ2n) is 6.28. The van der Waals surface area contributed by atoms with Crippen molar-refractivity contribution >= 4 is 23.6 Å². The van der Waals surface area contributed by atoms with Crippen molar-refractivity contribution in [3.05, 3.63) is 77.6 Å². The van der Waals surface area contributed by atoms with Gasteiger partial charge in [-0.05, 0) is 61.0 Å². The molecule has 0 aliphatic carbocycles. The number of hydrogen-bond acceptors (Lipinski definition) is 3. The van der Waals surface area contributed by atoms with Crippen LogP contribution in [0.4, 0.5) is 11.4 Å². The number of aromatic carboxylic acids is 1. The first-order valence-electron chi connectivity index (χ1n) is 8.29. The number of carboxylic acid groups (broad SMARTS) is 1. The minimum absolute atomic E-state index is 0.234. The Balaban J connectivity index is 1.91. The number of carbonyl (C=O) groups is 1. The van der Waals surface area contributed by atoms with Crippen LogP contribution in [0.2, 0.25) is 0 Å². The van der Waals surface area contributed by atoms with Crippen LogP contribution in [0.1, 0.15) is 21.6 Å². The number of anilines is 1. The first-order chi connectivity index (χ1) is 12.5. The third kappa shape index (κ3) is 3.67. The summed E-state index contributed by atoms with van der Waals surface area (Å²) in [6.45, 7) is 1.91. The topological polar surface area (TPSA) is 57.8 Å². The first kappa shape index (κ1) is 17.5. The van der Waals surface area contributed by atoms with Crippen LogP contribution in [0.5, 0.6) is 0 Å². The molecule has 0 saturated heterocycles. The van der Waals surface area contributed by atoms with Gasteiger partial charge in [0.1, 0.15) is 0 Å². The molecule has 1 N–H and O–H groups in total. The minimum Gasteiger partial charge on any atom is -0.478 e. The van der Waals surface area contributed by atoms with E-state index in [1.54, 1.807) is 24.4 Å². The Kier molecular flexibility index (Phi) is 4.89. The average Bonchev–Trinajstić information content (AvgIpc) is 3.09. The Morgan fingerprint density at radius 1 is 1.12 bits per heavy atom. The van der Waals surface area contributed by atoms with Crippen molar-refractivity contribution < 1.29 is 9.90 Å². The summed E-state index contributed by atoms with van der Waals surface area (Å²) in [6, 6.07) is 17.1. The monoisotopic (exact) mass is 347 g/mol. The fourth-order valence-corrected chi connectivity index (χ4v) is 2.66. The quantitative estimate of drug-likeness (QED) is 0.700. The lowest BCUT2D eigenvalue weighted by molar-refractivity contribution is 0.0697. The van der Waals surface area contributed by atoms with Crippen molar-refractivity contribution in [3.8, 4) is 5.69 Å². The number of hydrogen-bond donors (Lipinski definition) is 1. The summed E-state index contributed by atoms with van der Waals surface area (Å²) in [4.78, 5) is 17.7. The second-order valence-corrected chi connectivity index (χ2v) is 6.28. The van der Waals surface area contributed by atoms with E-state index in [1.165, 1.54) is 0 Å². The highest BCUT2D eigenvalue weighted by Gasteiger charge is 2.06. The highest BCUT2D eigenvalue weighted by molar-refractivity contribution is 5.89. The molecule has 3 aromatic rings. The van der Waals surface area contributed by atoms with Gasteiger partial charge in [-0.2, -0.15) is 0 Å². The van der Waals surface area contributed by atoms with Crippen LogP contribution in [0, 0.1) is 6.92 Å². The second kappa shape index (κ2) is 7.27. The Labute approximate surface area is 152 Å². The molecule has 5 heteroatoms. The first-order valence-corrected chi connectivity index (χ1v) is 8.29. The van der Waals surface area contributed by atoms with Gasteiger partial charge in [-0.3, -0.25) is 4.99 Å². The zero-order valence-electron chi connectivity index (χ0n) is 15.0. The van der Waals surface area contributed by atoms with E-state index in [-0.39, 0.29) is 5.56 Å². The van der Waals surface area contributed by atoms with E-state index in [0.717, 1.165) is 22.6 Å². The fraction of sp³-hybridized carbons (Fsp3) is 0.143. The lowest BCUT2D eigenvalue weighted by Crippen LogP contribution is -2.08. The van der Waals surface area contributed by atoms with Gasteiger partial charge in [0.25, 0.3) is 0 Å². The van der Waals surface area contributed by atoms with Gasteiger partial charge in [-0.15, -0.1) is 0 Å². The summed E-state index contributed by atoms with van der Waals surface area (Å²) in [6.07, 6.45) is 3.74. The maximum Gasteiger partial charge on any atom is 0.335 e. The molecule has 1 aromatic heterocycles. The fourth-order valence-electron chi connectivity index (χ4n) is 2.66. The molecular formula is C21H21N3O2. The van der Waals surface area contributed by atoms with Crippen LogP contribution >= 0.6 is 0 Å². The molecule has 0 aliphatic heterocycles. The van der Waals surface area contributed by atoms with Crippen LogP contribution in [0.25, 0.3) is 5.69 Å². The molecule has 0 spiro atoms. The van der Waals surface area contributed by atoms with E-state index in [9.17, 15) is 4.79 Å². The molecule has 2 aromatic carbocycles. The molecule has 0 fully saturated rings. The number of nitrogens with zero attached hydrogens (tertiary/aromatic N) is 3. The summed E-state index contributed by atoms with van der Waals surface area (Å²) < 4.78 is 2.04. The van der Waals surface area contributed by atoms with Gasteiger partial charge in [-0.25, -0.2) is 4.79 Å². The molecule has 3 rings (SSSR count). The molecule has 132 valence electrons. The summed E-state index contributed by atoms with van der Waals surface area (Å²) in [5.41, 5.74) is 4.91. The van der Waals surface area contributed by atoms with Crippen molar-refractivity contribution in [1.29, 1.82) is 0 Å². The van der Waals surface area contributed by atoms with E-state index < -0.39 is 5.97 Å². The Morgan fingerprint density at radius 3 is 2.50 bits per heavy atom. The zero-order valence-corrected chi connectivity index (χ0v) is 15.0. The Bertz CT molecular complexity index is 954. The van der Waals surface area contributed by atoms with Crippen LogP contribution < -0.4 is 4.90 Å². The summed E-state index contributed by atoms with van der Waals surface area (Å²) in [5, 5.41) is 9.15. The average molecular weight is 347 g/mol. The molecule has 0 bridgehead atoms. The van der Waals surface area contributed by atoms with Gasteiger partial charge in [-0.1, -0.05) is 6.07 Å². The van der Waals surface area contributed by atoms with Crippen molar-refractivity contribution in [3.63, 3.8) is 0 Å². The lowest BCUT2D eigenvalue weighted by Gasteiger charge is -2.13. The van der Waals surface area contributed by atoms with E-state index in [4.69, 9.17) is 5.11 Å². The highest BCUT2D eigenvalue weighted by Crippen LogP contribution is 2.21. The molecule has 0 aliphatic rings. The van der Waals surface area contributed by atoms with E-state index in [2.05, 4.69) is 34.2 Å². The molecule has 26 heavy (non-hydrogen) atoms. The van der Waals surface area contributed by atoms with Crippen molar-refractivity contribution in [2.24, 2.45) is 4.99 Å². The van der Waals surface area contributed by atoms with Crippen LogP contribution in [-0.2, 0) is 0 Å². The standard InChI is InChI=1S/C21H21N3O2/c1-15-6-7-16(21(25)26)13-20(15)22-14-19-5-4-12-24(19)18-10-8-17(9-11-18)23(2)3/h4-14H,1-3H3,(H,25,26). The number of aryl methyl sites for hydroxylation is 1. The zero-order chi connectivity index (χ0) is 18.7. The van der Waals surface area contributed by atoms with Crippen molar-refractivity contribution in [1.82, 2.24) is 4.57 Å². The smallest absolute Gasteiger partial charge is 0.335 e. The van der Waals surface area contributed by atoms with Gasteiger partial charge in [0.15, 0.2) is 0 Å². The molecular weight excluding hydrogens is 326 g/mol. The number of aliphatic imine (C=N–C) groups is 1. The predicted octanol–water partition coefficient (Wildman–Crippen LogP) is 4.30. The van der Waals surface area contributed by atoms with Gasteiger partial charge in [0, 0.05) is 31.7 Å². The number of carboxylic acids is 1. The van der Waals surface area contributed by atoms with Crippen molar-refractivity contribution in [2.75, 3.05) is 19.0 Å². The van der Waals surface area contributed by atoms with Crippen molar-refractivity contribution in [2.45, 2.75) is 6.92 Å². The van der Waals surface area contributed by atoms with Gasteiger partial charge in [0.05, 0.1) is 23.2 Å². The Morgan fingerprint density at radius 2 is 1.85 bits per heavy atom. The van der Waals surface area contributed by atoms with Gasteiger partial charge in [0.2, 0.25) is 0 Å². The summed E-state index contributed by atoms with van der Waals surface area (Å²) in [7, 11) is 4.02. The highest BCUT2D eigenvalue weighted by atomic mass is 16.4. The molecule has 0 unspecified atom stereocenters. The molecule has 1 heterocycles. The number of rotatable bonds is 5. The van der Waals surface area contributed by atoms with Gasteiger partial charge >= 0.3 is 5.97 Å². The third-order valence-electron chi connectivity index (χ3n) is 4.22. The summed E-state index contributed by atoms with van der Waals surface area (Å²) >= 11 is 0. The van der Waals surface area contributed by atoms with Crippen LogP contribution in [0.3, 0.4) is 0 Å². The maximum absolute atomic E-state index is 11.2.